The minimum absolute atomic E-state index is 0.268. The van der Waals surface area contributed by atoms with E-state index in [9.17, 15) is 0 Å². The molecule has 0 saturated carbocycles. The second-order valence-electron chi connectivity index (χ2n) is 3.34. The number of thiophene rings is 1. The van der Waals surface area contributed by atoms with Crippen LogP contribution < -0.4 is 5.73 Å². The first kappa shape index (κ1) is 13.5. The summed E-state index contributed by atoms with van der Waals surface area (Å²) >= 11 is 8.35. The van der Waals surface area contributed by atoms with E-state index in [-0.39, 0.29) is 5.25 Å². The zero-order valence-electron chi connectivity index (χ0n) is 9.22. The summed E-state index contributed by atoms with van der Waals surface area (Å²) in [5, 5.41) is 2.35. The third kappa shape index (κ3) is 3.51. The fourth-order valence-corrected chi connectivity index (χ4v) is 4.83. The topological polar surface area (TPSA) is 51.8 Å². The number of thioether (sulfide) groups is 1. The fraction of sp³-hybridized carbons (Fsp3) is 0.400. The lowest BCUT2D eigenvalue weighted by Crippen LogP contribution is -2.07. The molecule has 0 aliphatic carbocycles. The molecule has 2 N–H and O–H groups in total. The van der Waals surface area contributed by atoms with Crippen LogP contribution in [0, 0.1) is 0 Å². The van der Waals surface area contributed by atoms with Crippen molar-refractivity contribution in [3.05, 3.63) is 26.6 Å². The summed E-state index contributed by atoms with van der Waals surface area (Å²) in [6.07, 6.45) is 0.884. The third-order valence-corrected chi connectivity index (χ3v) is 6.17. The SMILES string of the molecule is CCc1nsc(SC(CN)c2cc(Br)cs2)n1. The van der Waals surface area contributed by atoms with Gasteiger partial charge in [0.2, 0.25) is 0 Å². The van der Waals surface area contributed by atoms with Crippen LogP contribution in [-0.2, 0) is 6.42 Å². The molecule has 0 bridgehead atoms. The molecule has 0 saturated heterocycles. The van der Waals surface area contributed by atoms with Crippen molar-refractivity contribution in [3.8, 4) is 0 Å². The highest BCUT2D eigenvalue weighted by atomic mass is 79.9. The molecule has 2 aromatic heterocycles. The Morgan fingerprint density at radius 3 is 2.94 bits per heavy atom. The van der Waals surface area contributed by atoms with E-state index >= 15 is 0 Å². The number of hydrogen-bond acceptors (Lipinski definition) is 6. The second kappa shape index (κ2) is 6.29. The first-order valence-electron chi connectivity index (χ1n) is 5.16. The van der Waals surface area contributed by atoms with E-state index < -0.39 is 0 Å². The minimum Gasteiger partial charge on any atom is -0.329 e. The molecule has 7 heteroatoms. The van der Waals surface area contributed by atoms with Crippen LogP contribution >= 0.6 is 50.6 Å². The molecule has 2 rings (SSSR count). The molecule has 0 fully saturated rings. The maximum absolute atomic E-state index is 5.83. The average molecular weight is 350 g/mol. The molecule has 92 valence electrons. The molecule has 0 aromatic carbocycles. The lowest BCUT2D eigenvalue weighted by Gasteiger charge is -2.09. The summed E-state index contributed by atoms with van der Waals surface area (Å²) in [5.41, 5.74) is 5.83. The quantitative estimate of drug-likeness (QED) is 0.835. The van der Waals surface area contributed by atoms with Crippen LogP contribution in [0.2, 0.25) is 0 Å². The largest absolute Gasteiger partial charge is 0.329 e. The molecule has 0 aliphatic rings. The molecule has 2 aromatic rings. The number of aromatic nitrogens is 2. The first-order valence-corrected chi connectivity index (χ1v) is 8.48. The van der Waals surface area contributed by atoms with E-state index in [1.54, 1.807) is 23.1 Å². The van der Waals surface area contributed by atoms with Gasteiger partial charge in [0.25, 0.3) is 0 Å². The van der Waals surface area contributed by atoms with Gasteiger partial charge in [-0.15, -0.1) is 11.3 Å². The van der Waals surface area contributed by atoms with Crippen LogP contribution in [0.15, 0.2) is 20.3 Å². The molecular formula is C10H12BrN3S3. The Labute approximate surface area is 121 Å². The standard InChI is InChI=1S/C10H12BrN3S3/c1-2-9-13-10(17-14-9)16-8(4-12)7-3-6(11)5-15-7/h3,5,8H,2,4,12H2,1H3. The Morgan fingerprint density at radius 1 is 1.59 bits per heavy atom. The fourth-order valence-electron chi connectivity index (χ4n) is 1.27. The van der Waals surface area contributed by atoms with Gasteiger partial charge < -0.3 is 5.73 Å². The van der Waals surface area contributed by atoms with E-state index in [0.717, 1.165) is 21.1 Å². The Hall–Kier alpha value is 0.0500. The smallest absolute Gasteiger partial charge is 0.170 e. The van der Waals surface area contributed by atoms with Crippen molar-refractivity contribution < 1.29 is 0 Å². The van der Waals surface area contributed by atoms with Crippen molar-refractivity contribution in [2.45, 2.75) is 22.9 Å². The van der Waals surface area contributed by atoms with Crippen LogP contribution in [0.5, 0.6) is 0 Å². The maximum atomic E-state index is 5.83. The van der Waals surface area contributed by atoms with E-state index in [0.29, 0.717) is 6.54 Å². The van der Waals surface area contributed by atoms with E-state index in [1.165, 1.54) is 16.4 Å². The normalized spacial score (nSPS) is 12.9. The van der Waals surface area contributed by atoms with Crippen molar-refractivity contribution in [3.63, 3.8) is 0 Å². The number of halogens is 1. The van der Waals surface area contributed by atoms with Crippen LogP contribution in [0.3, 0.4) is 0 Å². The van der Waals surface area contributed by atoms with Crippen LogP contribution in [0.4, 0.5) is 0 Å². The summed E-state index contributed by atoms with van der Waals surface area (Å²) < 4.78 is 6.40. The summed E-state index contributed by atoms with van der Waals surface area (Å²) in [4.78, 5) is 5.73. The number of rotatable bonds is 5. The number of hydrogen-bond donors (Lipinski definition) is 1. The third-order valence-electron chi connectivity index (χ3n) is 2.13. The van der Waals surface area contributed by atoms with Crippen LogP contribution in [0.25, 0.3) is 0 Å². The summed E-state index contributed by atoms with van der Waals surface area (Å²) in [5.74, 6) is 0.917. The maximum Gasteiger partial charge on any atom is 0.170 e. The Morgan fingerprint density at radius 2 is 2.41 bits per heavy atom. The van der Waals surface area contributed by atoms with Gasteiger partial charge >= 0.3 is 0 Å². The average Bonchev–Trinajstić information content (AvgIpc) is 2.94. The zero-order chi connectivity index (χ0) is 12.3. The van der Waals surface area contributed by atoms with Crippen molar-refractivity contribution in [2.24, 2.45) is 5.73 Å². The predicted molar refractivity (Wildman–Crippen MR) is 79.0 cm³/mol. The Kier molecular flexibility index (Phi) is 4.98. The van der Waals surface area contributed by atoms with Gasteiger partial charge in [-0.05, 0) is 33.5 Å². The highest BCUT2D eigenvalue weighted by Gasteiger charge is 2.16. The van der Waals surface area contributed by atoms with Gasteiger partial charge in [-0.2, -0.15) is 4.37 Å². The molecular weight excluding hydrogens is 338 g/mol. The van der Waals surface area contributed by atoms with Gasteiger partial charge in [-0.3, -0.25) is 0 Å². The Bertz CT molecular complexity index is 483. The monoisotopic (exact) mass is 349 g/mol. The van der Waals surface area contributed by atoms with Crippen molar-refractivity contribution in [1.29, 1.82) is 0 Å². The number of nitrogens with two attached hydrogens (primary N) is 1. The molecule has 1 unspecified atom stereocenters. The molecule has 2 heterocycles. The highest BCUT2D eigenvalue weighted by molar-refractivity contribution is 9.10. The van der Waals surface area contributed by atoms with Gasteiger partial charge in [0.05, 0.1) is 5.25 Å². The van der Waals surface area contributed by atoms with E-state index in [1.807, 2.05) is 0 Å². The lowest BCUT2D eigenvalue weighted by atomic mass is 10.3. The lowest BCUT2D eigenvalue weighted by molar-refractivity contribution is 0.945. The second-order valence-corrected chi connectivity index (χ2v) is 7.40. The summed E-state index contributed by atoms with van der Waals surface area (Å²) in [6.45, 7) is 2.67. The molecule has 1 atom stereocenters. The number of aryl methyl sites for hydroxylation is 1. The summed E-state index contributed by atoms with van der Waals surface area (Å²) in [7, 11) is 0. The molecule has 0 amide bonds. The van der Waals surface area contributed by atoms with Crippen molar-refractivity contribution >= 4 is 50.6 Å². The minimum atomic E-state index is 0.268. The van der Waals surface area contributed by atoms with Gasteiger partial charge in [0.15, 0.2) is 4.34 Å². The Balaban J connectivity index is 2.09. The molecule has 3 nitrogen and oxygen atoms in total. The van der Waals surface area contributed by atoms with Crippen molar-refractivity contribution in [2.75, 3.05) is 6.54 Å². The highest BCUT2D eigenvalue weighted by Crippen LogP contribution is 2.38. The van der Waals surface area contributed by atoms with E-state index in [4.69, 9.17) is 5.73 Å². The van der Waals surface area contributed by atoms with Gasteiger partial charge in [-0.25, -0.2) is 4.98 Å². The van der Waals surface area contributed by atoms with Gasteiger partial charge in [-0.1, -0.05) is 18.7 Å². The van der Waals surface area contributed by atoms with E-state index in [2.05, 4.69) is 43.7 Å². The molecule has 0 radical (unpaired) electrons. The van der Waals surface area contributed by atoms with Gasteiger partial charge in [0, 0.05) is 27.7 Å². The summed E-state index contributed by atoms with van der Waals surface area (Å²) in [6, 6.07) is 2.12. The molecule has 17 heavy (non-hydrogen) atoms. The molecule has 0 aliphatic heterocycles. The molecule has 0 spiro atoms. The van der Waals surface area contributed by atoms with Crippen LogP contribution in [-0.4, -0.2) is 15.9 Å². The van der Waals surface area contributed by atoms with Gasteiger partial charge in [0.1, 0.15) is 5.82 Å². The zero-order valence-corrected chi connectivity index (χ0v) is 13.3. The predicted octanol–water partition coefficient (Wildman–Crippen LogP) is 3.72. The van der Waals surface area contributed by atoms with Crippen LogP contribution in [0.1, 0.15) is 22.9 Å². The van der Waals surface area contributed by atoms with Crippen molar-refractivity contribution in [1.82, 2.24) is 9.36 Å². The first-order chi connectivity index (χ1) is 8.22. The number of nitrogens with zero attached hydrogens (tertiary/aromatic N) is 2.